The predicted molar refractivity (Wildman–Crippen MR) is 91.6 cm³/mol. The molecule has 0 unspecified atom stereocenters. The van der Waals surface area contributed by atoms with Crippen molar-refractivity contribution in [3.8, 4) is 0 Å². The van der Waals surface area contributed by atoms with E-state index in [1.165, 1.54) is 13.0 Å². The fourth-order valence-electron chi connectivity index (χ4n) is 2.19. The fraction of sp³-hybridized carbons (Fsp3) is 0.438. The first kappa shape index (κ1) is 18.9. The highest BCUT2D eigenvalue weighted by Crippen LogP contribution is 2.22. The van der Waals surface area contributed by atoms with Gasteiger partial charge >= 0.3 is 5.97 Å². The molecular formula is C16H21N3O5S. The Balaban J connectivity index is 2.05. The van der Waals surface area contributed by atoms with Gasteiger partial charge in [-0.05, 0) is 39.8 Å². The number of amidine groups is 1. The number of hydrogen-bond acceptors (Lipinski definition) is 6. The van der Waals surface area contributed by atoms with E-state index in [1.807, 2.05) is 20.8 Å². The van der Waals surface area contributed by atoms with Crippen molar-refractivity contribution in [3.63, 3.8) is 0 Å². The molecule has 0 fully saturated rings. The molecule has 0 bridgehead atoms. The van der Waals surface area contributed by atoms with Crippen LogP contribution in [0.5, 0.6) is 0 Å². The number of hydrogen-bond donors (Lipinski definition) is 2. The van der Waals surface area contributed by atoms with E-state index >= 15 is 0 Å². The van der Waals surface area contributed by atoms with Crippen molar-refractivity contribution in [2.24, 2.45) is 4.99 Å². The molecule has 2 N–H and O–H groups in total. The summed E-state index contributed by atoms with van der Waals surface area (Å²) in [6, 6.07) is 5.37. The van der Waals surface area contributed by atoms with E-state index in [1.54, 1.807) is 18.2 Å². The third-order valence-corrected chi connectivity index (χ3v) is 4.58. The first-order valence-electron chi connectivity index (χ1n) is 7.67. The van der Waals surface area contributed by atoms with E-state index in [2.05, 4.69) is 15.0 Å². The van der Waals surface area contributed by atoms with E-state index < -0.39 is 40.1 Å². The Morgan fingerprint density at radius 1 is 1.28 bits per heavy atom. The van der Waals surface area contributed by atoms with Crippen LogP contribution in [-0.4, -0.2) is 44.3 Å². The molecule has 0 aliphatic carbocycles. The molecule has 8 nitrogen and oxygen atoms in total. The zero-order valence-corrected chi connectivity index (χ0v) is 15.3. The molecule has 9 heteroatoms. The molecule has 136 valence electrons. The van der Waals surface area contributed by atoms with Crippen LogP contribution in [-0.2, 0) is 24.3 Å². The minimum atomic E-state index is -3.67. The van der Waals surface area contributed by atoms with Crippen LogP contribution in [0.2, 0.25) is 0 Å². The zero-order valence-electron chi connectivity index (χ0n) is 14.5. The van der Waals surface area contributed by atoms with Crippen molar-refractivity contribution >= 4 is 27.7 Å². The molecule has 1 aliphatic heterocycles. The van der Waals surface area contributed by atoms with E-state index in [0.29, 0.717) is 5.56 Å². The van der Waals surface area contributed by atoms with Crippen LogP contribution in [0.15, 0.2) is 34.2 Å². The average Bonchev–Trinajstić information content (AvgIpc) is 2.74. The van der Waals surface area contributed by atoms with Gasteiger partial charge in [0.2, 0.25) is 0 Å². The summed E-state index contributed by atoms with van der Waals surface area (Å²) in [4.78, 5) is 27.8. The van der Waals surface area contributed by atoms with Crippen LogP contribution in [0.1, 0.15) is 33.3 Å². The number of aliphatic imine (C=N–C) groups is 1. The maximum absolute atomic E-state index is 12.0. The Kier molecular flexibility index (Phi) is 5.17. The molecular weight excluding hydrogens is 346 g/mol. The molecule has 1 aliphatic rings. The van der Waals surface area contributed by atoms with Gasteiger partial charge in [0.05, 0.1) is 4.90 Å². The highest BCUT2D eigenvalue weighted by Gasteiger charge is 2.31. The van der Waals surface area contributed by atoms with Gasteiger partial charge in [0, 0.05) is 11.1 Å². The summed E-state index contributed by atoms with van der Waals surface area (Å²) in [6.45, 7) is 6.47. The number of benzene rings is 1. The number of rotatable bonds is 4. The summed E-state index contributed by atoms with van der Waals surface area (Å²) in [5.41, 5.74) is -0.0334. The molecule has 0 saturated carbocycles. The smallest absolute Gasteiger partial charge is 0.331 e. The standard InChI is InChI=1S/C16H21N3O5S/c1-10(15(21)24-9-13(20)18-16(2,3)4)17-14-11-7-5-6-8-12(11)25(22,23)19-14/h5-8,10H,9H2,1-4H3,(H,17,19)(H,18,20)/t10-/m0/s1. The minimum Gasteiger partial charge on any atom is -0.454 e. The lowest BCUT2D eigenvalue weighted by molar-refractivity contribution is -0.149. The number of ether oxygens (including phenoxy) is 1. The molecule has 1 heterocycles. The molecule has 25 heavy (non-hydrogen) atoms. The number of esters is 1. The Hall–Kier alpha value is -2.42. The second-order valence-electron chi connectivity index (χ2n) is 6.66. The monoisotopic (exact) mass is 367 g/mol. The van der Waals surface area contributed by atoms with Gasteiger partial charge in [-0.25, -0.2) is 13.2 Å². The van der Waals surface area contributed by atoms with Gasteiger partial charge in [-0.3, -0.25) is 14.5 Å². The first-order chi connectivity index (χ1) is 11.5. The summed E-state index contributed by atoms with van der Waals surface area (Å²) in [6.07, 6.45) is 0. The summed E-state index contributed by atoms with van der Waals surface area (Å²) >= 11 is 0. The zero-order chi connectivity index (χ0) is 18.8. The number of carbonyl (C=O) groups is 2. The number of nitrogens with one attached hydrogen (secondary N) is 2. The van der Waals surface area contributed by atoms with Crippen molar-refractivity contribution in [2.75, 3.05) is 6.61 Å². The average molecular weight is 367 g/mol. The largest absolute Gasteiger partial charge is 0.454 e. The van der Waals surface area contributed by atoms with Crippen molar-refractivity contribution in [3.05, 3.63) is 29.8 Å². The predicted octanol–water partition coefficient (Wildman–Crippen LogP) is 0.571. The van der Waals surface area contributed by atoms with Crippen LogP contribution in [0.4, 0.5) is 0 Å². The maximum Gasteiger partial charge on any atom is 0.331 e. The Morgan fingerprint density at radius 2 is 1.92 bits per heavy atom. The van der Waals surface area contributed by atoms with Crippen LogP contribution in [0.3, 0.4) is 0 Å². The molecule has 0 radical (unpaired) electrons. The highest BCUT2D eigenvalue weighted by atomic mass is 32.2. The van der Waals surface area contributed by atoms with E-state index in [0.717, 1.165) is 0 Å². The summed E-state index contributed by atoms with van der Waals surface area (Å²) < 4.78 is 31.2. The molecule has 0 spiro atoms. The van der Waals surface area contributed by atoms with Gasteiger partial charge in [0.15, 0.2) is 6.61 Å². The SMILES string of the molecule is C[C@H](N=C1NS(=O)(=O)c2ccccc21)C(=O)OCC(=O)NC(C)(C)C. The quantitative estimate of drug-likeness (QED) is 0.755. The van der Waals surface area contributed by atoms with Crippen LogP contribution in [0, 0.1) is 0 Å². The van der Waals surface area contributed by atoms with Crippen molar-refractivity contribution < 1.29 is 22.7 Å². The van der Waals surface area contributed by atoms with E-state index in [-0.39, 0.29) is 10.7 Å². The third-order valence-electron chi connectivity index (χ3n) is 3.19. The van der Waals surface area contributed by atoms with Crippen molar-refractivity contribution in [1.82, 2.24) is 10.0 Å². The summed E-state index contributed by atoms with van der Waals surface area (Å²) in [7, 11) is -3.67. The molecule has 1 aromatic carbocycles. The van der Waals surface area contributed by atoms with Gasteiger partial charge in [-0.2, -0.15) is 0 Å². The second kappa shape index (κ2) is 6.83. The molecule has 1 amide bonds. The van der Waals surface area contributed by atoms with Crippen molar-refractivity contribution in [2.45, 2.75) is 44.2 Å². The summed E-state index contributed by atoms with van der Waals surface area (Å²) in [5, 5.41) is 2.67. The fourth-order valence-corrected chi connectivity index (χ4v) is 3.43. The lowest BCUT2D eigenvalue weighted by atomic mass is 10.1. The normalized spacial score (nSPS) is 18.2. The summed E-state index contributed by atoms with van der Waals surface area (Å²) in [5.74, 6) is -1.06. The molecule has 1 aromatic rings. The van der Waals surface area contributed by atoms with Gasteiger partial charge in [-0.15, -0.1) is 0 Å². The number of amides is 1. The van der Waals surface area contributed by atoms with Crippen LogP contribution < -0.4 is 10.0 Å². The molecule has 1 atom stereocenters. The topological polar surface area (TPSA) is 114 Å². The minimum absolute atomic E-state index is 0.0826. The van der Waals surface area contributed by atoms with Gasteiger partial charge < -0.3 is 10.1 Å². The van der Waals surface area contributed by atoms with E-state index in [4.69, 9.17) is 4.74 Å². The Morgan fingerprint density at radius 3 is 2.56 bits per heavy atom. The molecule has 0 saturated heterocycles. The third kappa shape index (κ3) is 4.79. The van der Waals surface area contributed by atoms with Crippen LogP contribution in [0.25, 0.3) is 0 Å². The number of sulfonamides is 1. The number of fused-ring (bicyclic) bond motifs is 1. The van der Waals surface area contributed by atoms with Crippen LogP contribution >= 0.6 is 0 Å². The maximum atomic E-state index is 12.0. The lowest BCUT2D eigenvalue weighted by Gasteiger charge is -2.20. The van der Waals surface area contributed by atoms with Crippen molar-refractivity contribution in [1.29, 1.82) is 0 Å². The number of carbonyl (C=O) groups excluding carboxylic acids is 2. The Labute approximate surface area is 146 Å². The second-order valence-corrected chi connectivity index (χ2v) is 8.31. The Bertz CT molecular complexity index is 824. The molecule has 0 aromatic heterocycles. The number of nitrogens with zero attached hydrogens (tertiary/aromatic N) is 1. The first-order valence-corrected chi connectivity index (χ1v) is 9.15. The van der Waals surface area contributed by atoms with Gasteiger partial charge in [0.25, 0.3) is 15.9 Å². The highest BCUT2D eigenvalue weighted by molar-refractivity contribution is 7.90. The van der Waals surface area contributed by atoms with Gasteiger partial charge in [0.1, 0.15) is 11.9 Å². The molecule has 2 rings (SSSR count). The lowest BCUT2D eigenvalue weighted by Crippen LogP contribution is -2.43. The van der Waals surface area contributed by atoms with Gasteiger partial charge in [-0.1, -0.05) is 12.1 Å². The van der Waals surface area contributed by atoms with E-state index in [9.17, 15) is 18.0 Å².